The zero-order valence-corrected chi connectivity index (χ0v) is 13.8. The first kappa shape index (κ1) is 15.7. The van der Waals surface area contributed by atoms with Crippen LogP contribution < -0.4 is 0 Å². The standard InChI is InChI=1S/C15H17NO3S2/c1-11-8-9-20-14(11)10-16(2)15(17)12-4-6-13(7-5-12)21(3,18)19/h4-9H,10H2,1-3H3. The van der Waals surface area contributed by atoms with Crippen LogP contribution in [0.4, 0.5) is 0 Å². The molecule has 1 aromatic carbocycles. The Kier molecular flexibility index (Phi) is 4.49. The first-order valence-corrected chi connectivity index (χ1v) is 9.14. The fourth-order valence-electron chi connectivity index (χ4n) is 1.92. The molecule has 6 heteroatoms. The van der Waals surface area contributed by atoms with Gasteiger partial charge >= 0.3 is 0 Å². The molecule has 21 heavy (non-hydrogen) atoms. The predicted octanol–water partition coefficient (Wildman–Crippen LogP) is 2.73. The van der Waals surface area contributed by atoms with Crippen molar-refractivity contribution in [2.45, 2.75) is 18.4 Å². The number of sulfone groups is 1. The lowest BCUT2D eigenvalue weighted by molar-refractivity contribution is 0.0786. The molecule has 1 aromatic heterocycles. The van der Waals surface area contributed by atoms with Crippen LogP contribution in [0, 0.1) is 6.92 Å². The molecule has 0 spiro atoms. The molecule has 0 N–H and O–H groups in total. The van der Waals surface area contributed by atoms with Crippen LogP contribution in [0.5, 0.6) is 0 Å². The van der Waals surface area contributed by atoms with Gasteiger partial charge < -0.3 is 4.90 Å². The Labute approximate surface area is 129 Å². The number of nitrogens with zero attached hydrogens (tertiary/aromatic N) is 1. The van der Waals surface area contributed by atoms with Gasteiger partial charge in [0, 0.05) is 23.7 Å². The van der Waals surface area contributed by atoms with Gasteiger partial charge in [0.05, 0.1) is 11.4 Å². The number of amides is 1. The van der Waals surface area contributed by atoms with E-state index < -0.39 is 9.84 Å². The summed E-state index contributed by atoms with van der Waals surface area (Å²) in [6, 6.07) is 8.06. The van der Waals surface area contributed by atoms with Crippen LogP contribution in [0.3, 0.4) is 0 Å². The van der Waals surface area contributed by atoms with Gasteiger partial charge in [-0.2, -0.15) is 0 Å². The van der Waals surface area contributed by atoms with Crippen molar-refractivity contribution >= 4 is 27.1 Å². The molecular weight excluding hydrogens is 306 g/mol. The van der Waals surface area contributed by atoms with Crippen molar-refractivity contribution in [1.29, 1.82) is 0 Å². The summed E-state index contributed by atoms with van der Waals surface area (Å²) in [4.78, 5) is 15.3. The molecule has 1 amide bonds. The minimum absolute atomic E-state index is 0.122. The number of benzene rings is 1. The molecule has 0 fully saturated rings. The molecule has 0 saturated carbocycles. The molecule has 0 saturated heterocycles. The summed E-state index contributed by atoms with van der Waals surface area (Å²) in [6.45, 7) is 2.57. The fourth-order valence-corrected chi connectivity index (χ4v) is 3.51. The average molecular weight is 323 g/mol. The van der Waals surface area contributed by atoms with Crippen molar-refractivity contribution in [3.05, 3.63) is 51.7 Å². The predicted molar refractivity (Wildman–Crippen MR) is 84.4 cm³/mol. The van der Waals surface area contributed by atoms with Gasteiger partial charge in [-0.1, -0.05) is 0 Å². The zero-order chi connectivity index (χ0) is 15.6. The number of hydrogen-bond donors (Lipinski definition) is 0. The van der Waals surface area contributed by atoms with Gasteiger partial charge in [0.15, 0.2) is 9.84 Å². The molecule has 2 aromatic rings. The Morgan fingerprint density at radius 1 is 1.19 bits per heavy atom. The second-order valence-electron chi connectivity index (χ2n) is 4.98. The Bertz CT molecular complexity index is 745. The minimum atomic E-state index is -3.24. The summed E-state index contributed by atoms with van der Waals surface area (Å²) in [5, 5.41) is 2.00. The lowest BCUT2D eigenvalue weighted by Crippen LogP contribution is -2.26. The number of hydrogen-bond acceptors (Lipinski definition) is 4. The SMILES string of the molecule is Cc1ccsc1CN(C)C(=O)c1ccc(S(C)(=O)=O)cc1. The topological polar surface area (TPSA) is 54.5 Å². The Hall–Kier alpha value is -1.66. The third kappa shape index (κ3) is 3.71. The highest BCUT2D eigenvalue weighted by Crippen LogP contribution is 2.19. The van der Waals surface area contributed by atoms with E-state index >= 15 is 0 Å². The highest BCUT2D eigenvalue weighted by molar-refractivity contribution is 7.90. The van der Waals surface area contributed by atoms with E-state index in [0.29, 0.717) is 12.1 Å². The smallest absolute Gasteiger partial charge is 0.253 e. The molecule has 0 atom stereocenters. The number of thiophene rings is 1. The summed E-state index contributed by atoms with van der Waals surface area (Å²) in [5.41, 5.74) is 1.66. The van der Waals surface area contributed by atoms with Crippen molar-refractivity contribution < 1.29 is 13.2 Å². The Balaban J connectivity index is 2.14. The Morgan fingerprint density at radius 3 is 2.29 bits per heavy atom. The molecule has 0 aliphatic heterocycles. The zero-order valence-electron chi connectivity index (χ0n) is 12.2. The van der Waals surface area contributed by atoms with Crippen LogP contribution >= 0.6 is 11.3 Å². The van der Waals surface area contributed by atoms with Crippen molar-refractivity contribution in [2.24, 2.45) is 0 Å². The summed E-state index contributed by atoms with van der Waals surface area (Å²) < 4.78 is 22.8. The monoisotopic (exact) mass is 323 g/mol. The quantitative estimate of drug-likeness (QED) is 0.869. The van der Waals surface area contributed by atoms with Crippen LogP contribution in [0.15, 0.2) is 40.6 Å². The third-order valence-electron chi connectivity index (χ3n) is 3.23. The maximum atomic E-state index is 12.3. The van der Waals surface area contributed by atoms with Gasteiger partial charge in [-0.25, -0.2) is 8.42 Å². The van der Waals surface area contributed by atoms with Crippen LogP contribution in [-0.4, -0.2) is 32.5 Å². The van der Waals surface area contributed by atoms with Crippen LogP contribution in [0.25, 0.3) is 0 Å². The Morgan fingerprint density at radius 2 is 1.81 bits per heavy atom. The largest absolute Gasteiger partial charge is 0.337 e. The number of aryl methyl sites for hydroxylation is 1. The second kappa shape index (κ2) is 5.99. The average Bonchev–Trinajstić information content (AvgIpc) is 2.82. The molecule has 0 unspecified atom stereocenters. The molecular formula is C15H17NO3S2. The van der Waals surface area contributed by atoms with Crippen molar-refractivity contribution in [1.82, 2.24) is 4.90 Å². The molecule has 0 aliphatic carbocycles. The van der Waals surface area contributed by atoms with E-state index in [-0.39, 0.29) is 10.8 Å². The van der Waals surface area contributed by atoms with Crippen molar-refractivity contribution in [3.8, 4) is 0 Å². The van der Waals surface area contributed by atoms with E-state index in [4.69, 9.17) is 0 Å². The summed E-state index contributed by atoms with van der Waals surface area (Å²) in [5.74, 6) is -0.122. The maximum absolute atomic E-state index is 12.3. The summed E-state index contributed by atoms with van der Waals surface area (Å²) in [7, 11) is -1.49. The van der Waals surface area contributed by atoms with Gasteiger partial charge in [0.25, 0.3) is 5.91 Å². The molecule has 2 rings (SSSR count). The van der Waals surface area contributed by atoms with Crippen LogP contribution in [-0.2, 0) is 16.4 Å². The number of carbonyl (C=O) groups excluding carboxylic acids is 1. The highest BCUT2D eigenvalue weighted by Gasteiger charge is 2.15. The number of rotatable bonds is 4. The number of carbonyl (C=O) groups is 1. The summed E-state index contributed by atoms with van der Waals surface area (Å²) in [6.07, 6.45) is 1.15. The highest BCUT2D eigenvalue weighted by atomic mass is 32.2. The molecule has 0 bridgehead atoms. The van der Waals surface area contributed by atoms with Gasteiger partial charge in [0.1, 0.15) is 0 Å². The van der Waals surface area contributed by atoms with Crippen LogP contribution in [0.1, 0.15) is 20.8 Å². The molecule has 4 nitrogen and oxygen atoms in total. The minimum Gasteiger partial charge on any atom is -0.337 e. The normalized spacial score (nSPS) is 11.4. The van der Waals surface area contributed by atoms with E-state index in [1.54, 1.807) is 35.4 Å². The molecule has 1 heterocycles. The van der Waals surface area contributed by atoms with Crippen molar-refractivity contribution in [3.63, 3.8) is 0 Å². The van der Waals surface area contributed by atoms with Crippen LogP contribution in [0.2, 0.25) is 0 Å². The first-order valence-electron chi connectivity index (χ1n) is 6.37. The van der Waals surface area contributed by atoms with E-state index in [1.807, 2.05) is 18.4 Å². The lowest BCUT2D eigenvalue weighted by Gasteiger charge is -2.17. The van der Waals surface area contributed by atoms with Gasteiger partial charge in [-0.15, -0.1) is 11.3 Å². The fraction of sp³-hybridized carbons (Fsp3) is 0.267. The first-order chi connectivity index (χ1) is 9.79. The molecule has 0 aliphatic rings. The van der Waals surface area contributed by atoms with E-state index in [0.717, 1.165) is 11.1 Å². The second-order valence-corrected chi connectivity index (χ2v) is 8.00. The maximum Gasteiger partial charge on any atom is 0.253 e. The van der Waals surface area contributed by atoms with E-state index in [2.05, 4.69) is 0 Å². The van der Waals surface area contributed by atoms with Gasteiger partial charge in [-0.3, -0.25) is 4.79 Å². The summed E-state index contributed by atoms with van der Waals surface area (Å²) >= 11 is 1.62. The van der Waals surface area contributed by atoms with Gasteiger partial charge in [0.2, 0.25) is 0 Å². The molecule has 112 valence electrons. The lowest BCUT2D eigenvalue weighted by atomic mass is 10.2. The van der Waals surface area contributed by atoms with E-state index in [9.17, 15) is 13.2 Å². The molecule has 0 radical (unpaired) electrons. The van der Waals surface area contributed by atoms with E-state index in [1.165, 1.54) is 17.7 Å². The van der Waals surface area contributed by atoms with Gasteiger partial charge in [-0.05, 0) is 48.2 Å². The third-order valence-corrected chi connectivity index (χ3v) is 5.36. The van der Waals surface area contributed by atoms with Crippen molar-refractivity contribution in [2.75, 3.05) is 13.3 Å².